The summed E-state index contributed by atoms with van der Waals surface area (Å²) in [4.78, 5) is 23.8. The van der Waals surface area contributed by atoms with Gasteiger partial charge in [-0.1, -0.05) is 30.0 Å². The summed E-state index contributed by atoms with van der Waals surface area (Å²) in [6.07, 6.45) is 1.94. The molecule has 1 saturated heterocycles. The van der Waals surface area contributed by atoms with Crippen LogP contribution in [0.3, 0.4) is 0 Å². The van der Waals surface area contributed by atoms with Crippen LogP contribution in [0.25, 0.3) is 5.78 Å². The summed E-state index contributed by atoms with van der Waals surface area (Å²) in [6, 6.07) is 9.80. The zero-order valence-corrected chi connectivity index (χ0v) is 18.2. The topological polar surface area (TPSA) is 89.4 Å². The maximum absolute atomic E-state index is 13.0. The average molecular weight is 433 g/mol. The fraction of sp³-hybridized carbons (Fsp3) is 0.400. The molecule has 7 nitrogen and oxygen atoms in total. The van der Waals surface area contributed by atoms with Gasteiger partial charge in [-0.25, -0.2) is 9.50 Å². The molecule has 4 rings (SSSR count). The molecule has 0 aliphatic carbocycles. The molecule has 1 aliphatic rings. The molecule has 3 aromatic rings. The Kier molecular flexibility index (Phi) is 6.77. The first-order valence-corrected chi connectivity index (χ1v) is 10.5. The third kappa shape index (κ3) is 4.71. The van der Waals surface area contributed by atoms with Gasteiger partial charge in [0.15, 0.2) is 0 Å². The summed E-state index contributed by atoms with van der Waals surface area (Å²) >= 11 is 1.51. The van der Waals surface area contributed by atoms with E-state index in [1.54, 1.807) is 4.52 Å². The van der Waals surface area contributed by atoms with Crippen LogP contribution in [-0.2, 0) is 5.75 Å². The number of likely N-dealkylation sites (tertiary alicyclic amines) is 1. The van der Waals surface area contributed by atoms with Crippen molar-refractivity contribution in [1.82, 2.24) is 24.5 Å². The van der Waals surface area contributed by atoms with Crippen molar-refractivity contribution < 1.29 is 4.79 Å². The van der Waals surface area contributed by atoms with Crippen LogP contribution in [0.15, 0.2) is 35.5 Å². The quantitative estimate of drug-likeness (QED) is 0.637. The lowest BCUT2D eigenvalue weighted by Crippen LogP contribution is -2.45. The van der Waals surface area contributed by atoms with Crippen LogP contribution >= 0.6 is 24.2 Å². The van der Waals surface area contributed by atoms with E-state index in [1.807, 2.05) is 49.1 Å². The maximum atomic E-state index is 13.0. The Labute approximate surface area is 180 Å². The minimum Gasteiger partial charge on any atom is -0.337 e. The maximum Gasteiger partial charge on any atom is 0.254 e. The minimum atomic E-state index is 0. The van der Waals surface area contributed by atoms with Gasteiger partial charge >= 0.3 is 0 Å². The summed E-state index contributed by atoms with van der Waals surface area (Å²) in [5.41, 5.74) is 9.69. The van der Waals surface area contributed by atoms with Gasteiger partial charge in [-0.15, -0.1) is 17.5 Å². The Hall–Kier alpha value is -2.16. The summed E-state index contributed by atoms with van der Waals surface area (Å²) in [5, 5.41) is 5.19. The van der Waals surface area contributed by atoms with Gasteiger partial charge in [0, 0.05) is 41.8 Å². The molecule has 1 amide bonds. The lowest BCUT2D eigenvalue weighted by atomic mass is 10.0. The number of nitrogens with zero attached hydrogens (tertiary/aromatic N) is 5. The first kappa shape index (κ1) is 21.5. The highest BCUT2D eigenvalue weighted by Crippen LogP contribution is 2.24. The molecular weight excluding hydrogens is 408 g/mol. The van der Waals surface area contributed by atoms with Crippen molar-refractivity contribution in [2.45, 2.75) is 43.6 Å². The number of piperidine rings is 1. The Balaban J connectivity index is 0.00000240. The molecule has 1 aliphatic heterocycles. The SMILES string of the molecule is Cc1cc(C)n2nc(SCc3ccccc3C(=O)N3CCCC(N)C3)nc2n1.Cl. The van der Waals surface area contributed by atoms with Crippen LogP contribution < -0.4 is 5.73 Å². The molecule has 1 unspecified atom stereocenters. The van der Waals surface area contributed by atoms with Crippen molar-refractivity contribution >= 4 is 35.9 Å². The number of nitrogens with two attached hydrogens (primary N) is 1. The van der Waals surface area contributed by atoms with Crippen LogP contribution in [-0.4, -0.2) is 49.5 Å². The van der Waals surface area contributed by atoms with Crippen LogP contribution in [0.5, 0.6) is 0 Å². The van der Waals surface area contributed by atoms with Crippen molar-refractivity contribution in [2.24, 2.45) is 5.73 Å². The van der Waals surface area contributed by atoms with E-state index in [0.29, 0.717) is 23.2 Å². The van der Waals surface area contributed by atoms with Crippen molar-refractivity contribution in [1.29, 1.82) is 0 Å². The molecule has 2 aromatic heterocycles. The molecule has 9 heteroatoms. The number of aryl methyl sites for hydroxylation is 2. The summed E-state index contributed by atoms with van der Waals surface area (Å²) < 4.78 is 1.75. The third-order valence-electron chi connectivity index (χ3n) is 4.95. The fourth-order valence-corrected chi connectivity index (χ4v) is 4.39. The Morgan fingerprint density at radius 3 is 2.86 bits per heavy atom. The molecule has 3 heterocycles. The van der Waals surface area contributed by atoms with E-state index in [4.69, 9.17) is 5.73 Å². The number of aromatic nitrogens is 4. The molecule has 0 bridgehead atoms. The van der Waals surface area contributed by atoms with Crippen LogP contribution in [0.1, 0.15) is 40.2 Å². The van der Waals surface area contributed by atoms with Crippen molar-refractivity contribution in [3.8, 4) is 0 Å². The van der Waals surface area contributed by atoms with Crippen molar-refractivity contribution in [2.75, 3.05) is 13.1 Å². The normalized spacial score (nSPS) is 16.7. The van der Waals surface area contributed by atoms with Crippen molar-refractivity contribution in [3.05, 3.63) is 52.8 Å². The van der Waals surface area contributed by atoms with E-state index in [0.717, 1.165) is 41.9 Å². The number of carbonyl (C=O) groups is 1. The van der Waals surface area contributed by atoms with Gasteiger partial charge in [0.2, 0.25) is 5.16 Å². The Bertz CT molecular complexity index is 1020. The van der Waals surface area contributed by atoms with Crippen molar-refractivity contribution in [3.63, 3.8) is 0 Å². The first-order chi connectivity index (χ1) is 13.5. The molecule has 2 N–H and O–H groups in total. The second-order valence-electron chi connectivity index (χ2n) is 7.24. The number of thioether (sulfide) groups is 1. The van der Waals surface area contributed by atoms with Gasteiger partial charge in [-0.2, -0.15) is 4.98 Å². The second-order valence-corrected chi connectivity index (χ2v) is 8.19. The van der Waals surface area contributed by atoms with Gasteiger partial charge in [0.05, 0.1) is 0 Å². The molecule has 1 aromatic carbocycles. The third-order valence-corrected chi connectivity index (χ3v) is 5.83. The predicted octanol–water partition coefficient (Wildman–Crippen LogP) is 3.02. The van der Waals surface area contributed by atoms with Crippen LogP contribution in [0.2, 0.25) is 0 Å². The largest absolute Gasteiger partial charge is 0.337 e. The lowest BCUT2D eigenvalue weighted by molar-refractivity contribution is 0.0708. The number of halogens is 1. The number of hydrogen-bond acceptors (Lipinski definition) is 6. The Morgan fingerprint density at radius 2 is 2.07 bits per heavy atom. The van der Waals surface area contributed by atoms with Gasteiger partial charge < -0.3 is 10.6 Å². The number of fused-ring (bicyclic) bond motifs is 1. The summed E-state index contributed by atoms with van der Waals surface area (Å²) in [7, 11) is 0. The van der Waals surface area contributed by atoms with E-state index in [9.17, 15) is 4.79 Å². The van der Waals surface area contributed by atoms with Gasteiger partial charge in [-0.05, 0) is 44.4 Å². The van der Waals surface area contributed by atoms with Crippen LogP contribution in [0.4, 0.5) is 0 Å². The standard InChI is InChI=1S/C20H24N6OS.ClH/c1-13-10-14(2)26-19(22-13)23-20(24-26)28-12-15-6-3-4-8-17(15)18(27)25-9-5-7-16(21)11-25;/h3-4,6,8,10,16H,5,7,9,11-12,21H2,1-2H3;1H. The smallest absolute Gasteiger partial charge is 0.254 e. The summed E-state index contributed by atoms with van der Waals surface area (Å²) in [6.45, 7) is 5.33. The fourth-order valence-electron chi connectivity index (χ4n) is 3.57. The zero-order valence-electron chi connectivity index (χ0n) is 16.5. The predicted molar refractivity (Wildman–Crippen MR) is 117 cm³/mol. The number of carbonyl (C=O) groups excluding carboxylic acids is 1. The molecule has 0 saturated carbocycles. The Morgan fingerprint density at radius 1 is 1.28 bits per heavy atom. The van der Waals surface area contributed by atoms with E-state index >= 15 is 0 Å². The van der Waals surface area contributed by atoms with Gasteiger partial charge in [0.1, 0.15) is 0 Å². The molecule has 0 spiro atoms. The monoisotopic (exact) mass is 432 g/mol. The number of rotatable bonds is 4. The highest BCUT2D eigenvalue weighted by atomic mass is 35.5. The molecule has 154 valence electrons. The second kappa shape index (κ2) is 9.11. The number of amides is 1. The van der Waals surface area contributed by atoms with Gasteiger partial charge in [-0.3, -0.25) is 4.79 Å². The van der Waals surface area contributed by atoms with E-state index < -0.39 is 0 Å². The highest BCUT2D eigenvalue weighted by Gasteiger charge is 2.24. The minimum absolute atomic E-state index is 0. The van der Waals surface area contributed by atoms with E-state index in [-0.39, 0.29) is 24.4 Å². The van der Waals surface area contributed by atoms with E-state index in [1.165, 1.54) is 11.8 Å². The number of benzene rings is 1. The van der Waals surface area contributed by atoms with Gasteiger partial charge in [0.25, 0.3) is 11.7 Å². The van der Waals surface area contributed by atoms with E-state index in [2.05, 4.69) is 15.1 Å². The summed E-state index contributed by atoms with van der Waals surface area (Å²) in [5.74, 6) is 1.28. The lowest BCUT2D eigenvalue weighted by Gasteiger charge is -2.31. The zero-order chi connectivity index (χ0) is 19.7. The molecular formula is C20H25ClN6OS. The molecule has 1 fully saturated rings. The number of hydrogen-bond donors (Lipinski definition) is 1. The first-order valence-electron chi connectivity index (χ1n) is 9.48. The molecule has 1 atom stereocenters. The molecule has 29 heavy (non-hydrogen) atoms. The van der Waals surface area contributed by atoms with Crippen LogP contribution in [0, 0.1) is 13.8 Å². The average Bonchev–Trinajstić information content (AvgIpc) is 3.09. The molecule has 0 radical (unpaired) electrons. The highest BCUT2D eigenvalue weighted by molar-refractivity contribution is 7.98.